The molecule has 0 N–H and O–H groups in total. The van der Waals surface area contributed by atoms with Crippen molar-refractivity contribution < 1.29 is 8.42 Å². The van der Waals surface area contributed by atoms with Crippen LogP contribution in [0.5, 0.6) is 0 Å². The van der Waals surface area contributed by atoms with E-state index in [4.69, 9.17) is 0 Å². The molecule has 0 radical (unpaired) electrons. The Hall–Kier alpha value is -2.70. The highest BCUT2D eigenvalue weighted by Crippen LogP contribution is 2.30. The van der Waals surface area contributed by atoms with Crippen LogP contribution in [-0.4, -0.2) is 17.6 Å². The van der Waals surface area contributed by atoms with Gasteiger partial charge in [0.1, 0.15) is 0 Å². The summed E-state index contributed by atoms with van der Waals surface area (Å²) in [5.41, 5.74) is 3.76. The van der Waals surface area contributed by atoms with Crippen molar-refractivity contribution in [2.45, 2.75) is 11.8 Å². The Kier molecular flexibility index (Phi) is 4.91. The third-order valence-electron chi connectivity index (χ3n) is 4.43. The topological polar surface area (TPSA) is 52.0 Å². The zero-order chi connectivity index (χ0) is 19.7. The highest BCUT2D eigenvalue weighted by atomic mass is 79.9. The molecule has 4 aromatic rings. The summed E-state index contributed by atoms with van der Waals surface area (Å²) >= 11 is 3.42. The number of rotatable bonds is 4. The molecule has 140 valence electrons. The van der Waals surface area contributed by atoms with Crippen molar-refractivity contribution in [1.82, 2.24) is 9.19 Å². The molecular weight excluding hydrogens is 436 g/mol. The molecule has 28 heavy (non-hydrogen) atoms. The van der Waals surface area contributed by atoms with Crippen LogP contribution < -0.4 is 0 Å². The number of nitrogens with zero attached hydrogens (tertiary/aromatic N) is 2. The molecule has 0 spiro atoms. The Balaban J connectivity index is 1.93. The van der Waals surface area contributed by atoms with Crippen LogP contribution in [-0.2, 0) is 10.0 Å². The second kappa shape index (κ2) is 7.37. The van der Waals surface area contributed by atoms with Gasteiger partial charge in [0.05, 0.1) is 16.3 Å². The molecule has 0 aliphatic carbocycles. The van der Waals surface area contributed by atoms with Crippen molar-refractivity contribution in [2.75, 3.05) is 0 Å². The molecule has 1 aromatic heterocycles. The zero-order valence-corrected chi connectivity index (χ0v) is 17.5. The molecule has 0 unspecified atom stereocenters. The SMILES string of the molecule is Cc1ccc(S(=O)(=O)n2nc(-c3ccccc3)cc2-c2ccc(Br)cc2)cc1. The van der Waals surface area contributed by atoms with Crippen LogP contribution >= 0.6 is 15.9 Å². The Labute approximate surface area is 172 Å². The van der Waals surface area contributed by atoms with E-state index in [1.807, 2.05) is 67.6 Å². The molecule has 3 aromatic carbocycles. The lowest BCUT2D eigenvalue weighted by molar-refractivity contribution is 0.581. The van der Waals surface area contributed by atoms with E-state index in [9.17, 15) is 8.42 Å². The summed E-state index contributed by atoms with van der Waals surface area (Å²) in [5.74, 6) is 0. The highest BCUT2D eigenvalue weighted by Gasteiger charge is 2.24. The zero-order valence-electron chi connectivity index (χ0n) is 15.1. The minimum absolute atomic E-state index is 0.208. The van der Waals surface area contributed by atoms with Crippen LogP contribution in [0.25, 0.3) is 22.5 Å². The molecule has 0 saturated carbocycles. The number of aryl methyl sites for hydroxylation is 1. The lowest BCUT2D eigenvalue weighted by Crippen LogP contribution is -2.16. The lowest BCUT2D eigenvalue weighted by Gasteiger charge is -2.09. The molecule has 0 fully saturated rings. The van der Waals surface area contributed by atoms with E-state index < -0.39 is 10.0 Å². The van der Waals surface area contributed by atoms with Crippen molar-refractivity contribution >= 4 is 26.0 Å². The smallest absolute Gasteiger partial charge is 0.199 e. The Morgan fingerprint density at radius 3 is 2.11 bits per heavy atom. The van der Waals surface area contributed by atoms with E-state index in [2.05, 4.69) is 21.0 Å². The number of benzene rings is 3. The van der Waals surface area contributed by atoms with Gasteiger partial charge in [-0.15, -0.1) is 0 Å². The molecule has 6 heteroatoms. The van der Waals surface area contributed by atoms with Gasteiger partial charge in [-0.3, -0.25) is 0 Å². The van der Waals surface area contributed by atoms with Crippen molar-refractivity contribution in [3.8, 4) is 22.5 Å². The van der Waals surface area contributed by atoms with Crippen LogP contribution in [0, 0.1) is 6.92 Å². The first-order valence-electron chi connectivity index (χ1n) is 8.69. The Bertz CT molecular complexity index is 1210. The third-order valence-corrected chi connectivity index (χ3v) is 6.56. The van der Waals surface area contributed by atoms with E-state index in [-0.39, 0.29) is 4.90 Å². The largest absolute Gasteiger partial charge is 0.283 e. The summed E-state index contributed by atoms with van der Waals surface area (Å²) in [5, 5.41) is 4.47. The summed E-state index contributed by atoms with van der Waals surface area (Å²) in [4.78, 5) is 0.208. The van der Waals surface area contributed by atoms with E-state index in [0.717, 1.165) is 25.3 Å². The normalized spacial score (nSPS) is 11.5. The van der Waals surface area contributed by atoms with Gasteiger partial charge in [0.15, 0.2) is 0 Å². The Morgan fingerprint density at radius 1 is 0.821 bits per heavy atom. The van der Waals surface area contributed by atoms with Crippen LogP contribution in [0.2, 0.25) is 0 Å². The first kappa shape index (κ1) is 18.7. The molecule has 1 heterocycles. The summed E-state index contributed by atoms with van der Waals surface area (Å²) in [6.45, 7) is 1.92. The van der Waals surface area contributed by atoms with E-state index in [1.165, 1.54) is 0 Å². The summed E-state index contributed by atoms with van der Waals surface area (Å²) in [7, 11) is -3.84. The fraction of sp³-hybridized carbons (Fsp3) is 0.0455. The molecule has 0 atom stereocenters. The van der Waals surface area contributed by atoms with Gasteiger partial charge < -0.3 is 0 Å². The van der Waals surface area contributed by atoms with Crippen LogP contribution in [0.15, 0.2) is 94.3 Å². The summed E-state index contributed by atoms with van der Waals surface area (Å²) in [6, 6.07) is 25.7. The van der Waals surface area contributed by atoms with Gasteiger partial charge in [0, 0.05) is 15.6 Å². The molecule has 4 rings (SSSR count). The predicted molar refractivity (Wildman–Crippen MR) is 115 cm³/mol. The van der Waals surface area contributed by atoms with E-state index in [0.29, 0.717) is 11.4 Å². The van der Waals surface area contributed by atoms with Gasteiger partial charge in [0.25, 0.3) is 10.0 Å². The molecule has 0 amide bonds. The van der Waals surface area contributed by atoms with Gasteiger partial charge >= 0.3 is 0 Å². The third kappa shape index (κ3) is 3.53. The van der Waals surface area contributed by atoms with Crippen molar-refractivity contribution in [3.05, 3.63) is 95.0 Å². The van der Waals surface area contributed by atoms with Gasteiger partial charge in [-0.2, -0.15) is 17.6 Å². The van der Waals surface area contributed by atoms with Crippen molar-refractivity contribution in [3.63, 3.8) is 0 Å². The number of halogens is 1. The highest BCUT2D eigenvalue weighted by molar-refractivity contribution is 9.10. The van der Waals surface area contributed by atoms with Crippen LogP contribution in [0.4, 0.5) is 0 Å². The minimum Gasteiger partial charge on any atom is -0.199 e. The van der Waals surface area contributed by atoms with Gasteiger partial charge in [-0.05, 0) is 37.3 Å². The standard InChI is InChI=1S/C22H17BrN2O2S/c1-16-7-13-20(14-8-16)28(26,27)25-22(18-9-11-19(23)12-10-18)15-21(24-25)17-5-3-2-4-6-17/h2-15H,1H3. The maximum absolute atomic E-state index is 13.3. The lowest BCUT2D eigenvalue weighted by atomic mass is 10.1. The van der Waals surface area contributed by atoms with Crippen molar-refractivity contribution in [2.24, 2.45) is 0 Å². The van der Waals surface area contributed by atoms with Crippen molar-refractivity contribution in [1.29, 1.82) is 0 Å². The molecule has 0 saturated heterocycles. The maximum Gasteiger partial charge on any atom is 0.283 e. The van der Waals surface area contributed by atoms with E-state index in [1.54, 1.807) is 24.3 Å². The molecule has 4 nitrogen and oxygen atoms in total. The average Bonchev–Trinajstić information content (AvgIpc) is 3.16. The fourth-order valence-corrected chi connectivity index (χ4v) is 4.48. The summed E-state index contributed by atoms with van der Waals surface area (Å²) < 4.78 is 28.7. The predicted octanol–water partition coefficient (Wildman–Crippen LogP) is 5.53. The van der Waals surface area contributed by atoms with Gasteiger partial charge in [-0.25, -0.2) is 0 Å². The van der Waals surface area contributed by atoms with E-state index >= 15 is 0 Å². The molecule has 0 aliphatic heterocycles. The molecular formula is C22H17BrN2O2S. The van der Waals surface area contributed by atoms with Crippen LogP contribution in [0.1, 0.15) is 5.56 Å². The maximum atomic E-state index is 13.3. The summed E-state index contributed by atoms with van der Waals surface area (Å²) in [6.07, 6.45) is 0. The minimum atomic E-state index is -3.84. The fourth-order valence-electron chi connectivity index (χ4n) is 2.92. The Morgan fingerprint density at radius 2 is 1.46 bits per heavy atom. The first-order valence-corrected chi connectivity index (χ1v) is 10.9. The van der Waals surface area contributed by atoms with Gasteiger partial charge in [0.2, 0.25) is 0 Å². The number of hydrogen-bond acceptors (Lipinski definition) is 3. The van der Waals surface area contributed by atoms with Gasteiger partial charge in [-0.1, -0.05) is 76.1 Å². The number of hydrogen-bond donors (Lipinski definition) is 0. The molecule has 0 bridgehead atoms. The monoisotopic (exact) mass is 452 g/mol. The quantitative estimate of drug-likeness (QED) is 0.409. The van der Waals surface area contributed by atoms with Crippen LogP contribution in [0.3, 0.4) is 0 Å². The first-order chi connectivity index (χ1) is 13.4. The second-order valence-electron chi connectivity index (χ2n) is 6.45. The number of aromatic nitrogens is 2. The molecule has 0 aliphatic rings. The second-order valence-corrected chi connectivity index (χ2v) is 9.13. The average molecular weight is 453 g/mol.